The third kappa shape index (κ3) is 1.35. The molecule has 0 spiro atoms. The number of benzene rings is 1. The van der Waals surface area contributed by atoms with E-state index in [0.717, 1.165) is 31.3 Å². The molecule has 3 rings (SSSR count). The van der Waals surface area contributed by atoms with Gasteiger partial charge in [0.1, 0.15) is 0 Å². The highest BCUT2D eigenvalue weighted by Crippen LogP contribution is 2.63. The molecule has 2 fully saturated rings. The lowest BCUT2D eigenvalue weighted by molar-refractivity contribution is 0.1000. The summed E-state index contributed by atoms with van der Waals surface area (Å²) in [7, 11) is 0. The van der Waals surface area contributed by atoms with Gasteiger partial charge in [0, 0.05) is 11.0 Å². The molecule has 2 atom stereocenters. The standard InChI is InChI=1S/C14H18N2O/c1-2-14(11-7-16-8-12(11)14)10-5-3-4-9(6-10)13(15)17/h3-6,11-12,16H,2,7-8H2,1H3,(H2,15,17). The molecule has 1 amide bonds. The van der Waals surface area contributed by atoms with E-state index < -0.39 is 0 Å². The summed E-state index contributed by atoms with van der Waals surface area (Å²) >= 11 is 0. The number of hydrogen-bond donors (Lipinski definition) is 2. The van der Waals surface area contributed by atoms with Crippen LogP contribution in [0.5, 0.6) is 0 Å². The first-order valence-corrected chi connectivity index (χ1v) is 6.31. The van der Waals surface area contributed by atoms with Gasteiger partial charge < -0.3 is 11.1 Å². The van der Waals surface area contributed by atoms with E-state index in [1.54, 1.807) is 6.07 Å². The number of carbonyl (C=O) groups is 1. The number of fused-ring (bicyclic) bond motifs is 1. The van der Waals surface area contributed by atoms with Crippen LogP contribution in [0.3, 0.4) is 0 Å². The molecule has 1 heterocycles. The fraction of sp³-hybridized carbons (Fsp3) is 0.500. The van der Waals surface area contributed by atoms with Gasteiger partial charge in [-0.05, 0) is 49.0 Å². The highest BCUT2D eigenvalue weighted by Gasteiger charge is 2.65. The predicted molar refractivity (Wildman–Crippen MR) is 66.8 cm³/mol. The van der Waals surface area contributed by atoms with Crippen molar-refractivity contribution in [1.82, 2.24) is 5.32 Å². The Labute approximate surface area is 101 Å². The summed E-state index contributed by atoms with van der Waals surface area (Å²) in [5.41, 5.74) is 7.59. The minimum absolute atomic E-state index is 0.302. The Balaban J connectivity index is 1.99. The average Bonchev–Trinajstić information content (AvgIpc) is 2.71. The molecule has 1 aromatic carbocycles. The van der Waals surface area contributed by atoms with E-state index in [2.05, 4.69) is 18.3 Å². The Morgan fingerprint density at radius 1 is 1.47 bits per heavy atom. The summed E-state index contributed by atoms with van der Waals surface area (Å²) in [5, 5.41) is 3.43. The van der Waals surface area contributed by atoms with E-state index in [0.29, 0.717) is 11.0 Å². The van der Waals surface area contributed by atoms with Crippen LogP contribution in [-0.4, -0.2) is 19.0 Å². The Kier molecular flexibility index (Phi) is 2.26. The number of nitrogens with one attached hydrogen (secondary N) is 1. The lowest BCUT2D eigenvalue weighted by atomic mass is 9.87. The lowest BCUT2D eigenvalue weighted by Crippen LogP contribution is -2.25. The van der Waals surface area contributed by atoms with Crippen LogP contribution in [0.4, 0.5) is 0 Å². The normalized spacial score (nSPS) is 34.4. The molecule has 2 unspecified atom stereocenters. The van der Waals surface area contributed by atoms with E-state index in [9.17, 15) is 4.79 Å². The van der Waals surface area contributed by atoms with Crippen molar-refractivity contribution in [2.24, 2.45) is 17.6 Å². The first-order chi connectivity index (χ1) is 8.20. The molecule has 17 heavy (non-hydrogen) atoms. The molecule has 2 aliphatic rings. The minimum Gasteiger partial charge on any atom is -0.366 e. The van der Waals surface area contributed by atoms with Gasteiger partial charge in [-0.25, -0.2) is 0 Å². The average molecular weight is 230 g/mol. The van der Waals surface area contributed by atoms with Crippen LogP contribution in [0.25, 0.3) is 0 Å². The molecule has 1 saturated heterocycles. The van der Waals surface area contributed by atoms with Crippen LogP contribution in [0.15, 0.2) is 24.3 Å². The third-order valence-electron chi connectivity index (χ3n) is 4.70. The molecule has 1 aromatic rings. The largest absolute Gasteiger partial charge is 0.366 e. The Hall–Kier alpha value is -1.35. The van der Waals surface area contributed by atoms with Gasteiger partial charge in [0.05, 0.1) is 0 Å². The van der Waals surface area contributed by atoms with Crippen LogP contribution in [-0.2, 0) is 5.41 Å². The fourth-order valence-electron chi connectivity index (χ4n) is 3.77. The summed E-state index contributed by atoms with van der Waals surface area (Å²) in [6, 6.07) is 7.89. The second-order valence-electron chi connectivity index (χ2n) is 5.21. The van der Waals surface area contributed by atoms with Gasteiger partial charge in [-0.15, -0.1) is 0 Å². The van der Waals surface area contributed by atoms with Crippen molar-refractivity contribution < 1.29 is 4.79 Å². The number of hydrogen-bond acceptors (Lipinski definition) is 2. The summed E-state index contributed by atoms with van der Waals surface area (Å²) in [6.07, 6.45) is 1.15. The summed E-state index contributed by atoms with van der Waals surface area (Å²) in [4.78, 5) is 11.2. The quantitative estimate of drug-likeness (QED) is 0.822. The second kappa shape index (κ2) is 3.57. The van der Waals surface area contributed by atoms with Crippen molar-refractivity contribution >= 4 is 5.91 Å². The van der Waals surface area contributed by atoms with E-state index in [4.69, 9.17) is 5.73 Å². The zero-order valence-corrected chi connectivity index (χ0v) is 10.1. The molecule has 3 N–H and O–H groups in total. The molecule has 0 radical (unpaired) electrons. The SMILES string of the molecule is CCC1(c2cccc(C(N)=O)c2)C2CNCC21. The highest BCUT2D eigenvalue weighted by molar-refractivity contribution is 5.93. The summed E-state index contributed by atoms with van der Waals surface area (Å²) < 4.78 is 0. The molecule has 1 aliphatic carbocycles. The number of amides is 1. The smallest absolute Gasteiger partial charge is 0.248 e. The van der Waals surface area contributed by atoms with Crippen LogP contribution < -0.4 is 11.1 Å². The van der Waals surface area contributed by atoms with Gasteiger partial charge in [0.25, 0.3) is 0 Å². The van der Waals surface area contributed by atoms with Crippen molar-refractivity contribution in [3.63, 3.8) is 0 Å². The summed E-state index contributed by atoms with van der Waals surface area (Å²) in [6.45, 7) is 4.47. The second-order valence-corrected chi connectivity index (χ2v) is 5.21. The van der Waals surface area contributed by atoms with Crippen molar-refractivity contribution in [1.29, 1.82) is 0 Å². The number of carbonyl (C=O) groups excluding carboxylic acids is 1. The maximum atomic E-state index is 11.2. The molecule has 3 nitrogen and oxygen atoms in total. The summed E-state index contributed by atoms with van der Waals surface area (Å²) in [5.74, 6) is 1.16. The molecule has 3 heteroatoms. The van der Waals surface area contributed by atoms with Crippen LogP contribution >= 0.6 is 0 Å². The maximum absolute atomic E-state index is 11.2. The predicted octanol–water partition coefficient (Wildman–Crippen LogP) is 1.28. The Morgan fingerprint density at radius 2 is 2.18 bits per heavy atom. The maximum Gasteiger partial charge on any atom is 0.248 e. The van der Waals surface area contributed by atoms with Crippen molar-refractivity contribution in [3.8, 4) is 0 Å². The van der Waals surface area contributed by atoms with Crippen LogP contribution in [0.2, 0.25) is 0 Å². The monoisotopic (exact) mass is 230 g/mol. The van der Waals surface area contributed by atoms with Crippen molar-refractivity contribution in [2.45, 2.75) is 18.8 Å². The van der Waals surface area contributed by atoms with Gasteiger partial charge in [0.15, 0.2) is 0 Å². The van der Waals surface area contributed by atoms with E-state index in [1.165, 1.54) is 5.56 Å². The molecule has 1 saturated carbocycles. The fourth-order valence-corrected chi connectivity index (χ4v) is 3.77. The Bertz CT molecular complexity index is 459. The first kappa shape index (κ1) is 10.8. The molecular formula is C14H18N2O. The molecule has 90 valence electrons. The molecule has 1 aliphatic heterocycles. The molecule has 0 bridgehead atoms. The third-order valence-corrected chi connectivity index (χ3v) is 4.70. The number of piperidine rings is 1. The molecule has 0 aromatic heterocycles. The first-order valence-electron chi connectivity index (χ1n) is 6.31. The zero-order chi connectivity index (χ0) is 12.0. The highest BCUT2D eigenvalue weighted by atomic mass is 16.1. The van der Waals surface area contributed by atoms with Gasteiger partial charge in [-0.1, -0.05) is 19.1 Å². The van der Waals surface area contributed by atoms with E-state index >= 15 is 0 Å². The van der Waals surface area contributed by atoms with Crippen molar-refractivity contribution in [2.75, 3.05) is 13.1 Å². The van der Waals surface area contributed by atoms with E-state index in [-0.39, 0.29) is 5.91 Å². The lowest BCUT2D eigenvalue weighted by Gasteiger charge is -2.20. The number of primary amides is 1. The zero-order valence-electron chi connectivity index (χ0n) is 10.1. The van der Waals surface area contributed by atoms with Gasteiger partial charge >= 0.3 is 0 Å². The van der Waals surface area contributed by atoms with Crippen LogP contribution in [0, 0.1) is 11.8 Å². The van der Waals surface area contributed by atoms with Crippen molar-refractivity contribution in [3.05, 3.63) is 35.4 Å². The number of nitrogens with two attached hydrogens (primary N) is 1. The van der Waals surface area contributed by atoms with Gasteiger partial charge in [-0.3, -0.25) is 4.79 Å². The van der Waals surface area contributed by atoms with Crippen LogP contribution in [0.1, 0.15) is 29.3 Å². The molecular weight excluding hydrogens is 212 g/mol. The Morgan fingerprint density at radius 3 is 2.76 bits per heavy atom. The topological polar surface area (TPSA) is 55.1 Å². The van der Waals surface area contributed by atoms with Gasteiger partial charge in [0.2, 0.25) is 5.91 Å². The number of rotatable bonds is 3. The minimum atomic E-state index is -0.331. The van der Waals surface area contributed by atoms with E-state index in [1.807, 2.05) is 12.1 Å². The van der Waals surface area contributed by atoms with Gasteiger partial charge in [-0.2, -0.15) is 0 Å².